The van der Waals surface area contributed by atoms with Crippen LogP contribution < -0.4 is 5.73 Å². The predicted molar refractivity (Wildman–Crippen MR) is 70.2 cm³/mol. The summed E-state index contributed by atoms with van der Waals surface area (Å²) in [6.07, 6.45) is -0.861. The number of nitrogen functional groups attached to an aromatic ring is 1. The highest BCUT2D eigenvalue weighted by atomic mass is 35.5. The van der Waals surface area contributed by atoms with Gasteiger partial charge in [-0.15, -0.1) is 0 Å². The number of aromatic nitrogens is 2. The summed E-state index contributed by atoms with van der Waals surface area (Å²) in [4.78, 5) is 18.3. The van der Waals surface area contributed by atoms with Gasteiger partial charge in [-0.1, -0.05) is 23.4 Å². The first-order chi connectivity index (χ1) is 8.41. The number of halogens is 1. The van der Waals surface area contributed by atoms with Crippen LogP contribution in [0.5, 0.6) is 0 Å². The van der Waals surface area contributed by atoms with Crippen molar-refractivity contribution in [3.63, 3.8) is 0 Å². The Balaban J connectivity index is 2.64. The van der Waals surface area contributed by atoms with E-state index in [1.807, 2.05) is 0 Å². The standard InChI is InChI=1S/C10H14ClN3O3S/c1-5(15)18-3-2-6(16)9(17)8-10(12)13-4-7(11)14-8/h4,6,9,16-17H,2-3H2,1H3,(H2,12,13). The van der Waals surface area contributed by atoms with Gasteiger partial charge in [0.25, 0.3) is 0 Å². The highest BCUT2D eigenvalue weighted by Crippen LogP contribution is 2.23. The minimum absolute atomic E-state index is 0.0187. The van der Waals surface area contributed by atoms with Gasteiger partial charge in [-0.25, -0.2) is 9.97 Å². The zero-order valence-electron chi connectivity index (χ0n) is 9.71. The van der Waals surface area contributed by atoms with Crippen LogP contribution in [0.4, 0.5) is 5.82 Å². The van der Waals surface area contributed by atoms with Crippen LogP contribution in [0.3, 0.4) is 0 Å². The molecule has 0 aliphatic heterocycles. The molecule has 1 heterocycles. The van der Waals surface area contributed by atoms with Gasteiger partial charge in [0, 0.05) is 12.7 Å². The summed E-state index contributed by atoms with van der Waals surface area (Å²) in [5, 5.41) is 19.7. The third kappa shape index (κ3) is 4.41. The van der Waals surface area contributed by atoms with Crippen molar-refractivity contribution in [2.24, 2.45) is 0 Å². The van der Waals surface area contributed by atoms with Gasteiger partial charge in [0.2, 0.25) is 0 Å². The highest BCUT2D eigenvalue weighted by Gasteiger charge is 2.23. The van der Waals surface area contributed by atoms with Gasteiger partial charge in [0.15, 0.2) is 5.12 Å². The Morgan fingerprint density at radius 1 is 1.61 bits per heavy atom. The summed E-state index contributed by atoms with van der Waals surface area (Å²) in [7, 11) is 0. The lowest BCUT2D eigenvalue weighted by Crippen LogP contribution is -2.22. The molecule has 0 saturated carbocycles. The molecule has 8 heteroatoms. The number of aliphatic hydroxyl groups excluding tert-OH is 2. The van der Waals surface area contributed by atoms with Crippen molar-refractivity contribution in [2.45, 2.75) is 25.6 Å². The van der Waals surface area contributed by atoms with E-state index < -0.39 is 12.2 Å². The van der Waals surface area contributed by atoms with Crippen LogP contribution in [0.1, 0.15) is 25.1 Å². The Hall–Kier alpha value is -0.890. The van der Waals surface area contributed by atoms with Crippen LogP contribution in [-0.2, 0) is 4.79 Å². The first-order valence-electron chi connectivity index (χ1n) is 5.19. The van der Waals surface area contributed by atoms with Crippen molar-refractivity contribution in [3.05, 3.63) is 17.0 Å². The van der Waals surface area contributed by atoms with E-state index in [4.69, 9.17) is 17.3 Å². The Kier molecular flexibility index (Phi) is 5.80. The normalized spacial score (nSPS) is 14.2. The SMILES string of the molecule is CC(=O)SCCC(O)C(O)c1nc(Cl)cnc1N. The third-order valence-electron chi connectivity index (χ3n) is 2.16. The zero-order valence-corrected chi connectivity index (χ0v) is 11.3. The van der Waals surface area contributed by atoms with Crippen molar-refractivity contribution in [2.75, 3.05) is 11.5 Å². The molecule has 0 fully saturated rings. The average molecular weight is 292 g/mol. The van der Waals surface area contributed by atoms with Crippen LogP contribution in [0.15, 0.2) is 6.20 Å². The van der Waals surface area contributed by atoms with Gasteiger partial charge in [-0.3, -0.25) is 4.79 Å². The molecule has 0 saturated heterocycles. The van der Waals surface area contributed by atoms with Crippen molar-refractivity contribution >= 4 is 34.3 Å². The molecule has 2 unspecified atom stereocenters. The van der Waals surface area contributed by atoms with Gasteiger partial charge in [-0.2, -0.15) is 0 Å². The Morgan fingerprint density at radius 3 is 2.89 bits per heavy atom. The highest BCUT2D eigenvalue weighted by molar-refractivity contribution is 8.13. The van der Waals surface area contributed by atoms with Crippen LogP contribution in [-0.4, -0.2) is 37.2 Å². The number of carbonyl (C=O) groups is 1. The van der Waals surface area contributed by atoms with E-state index in [9.17, 15) is 15.0 Å². The van der Waals surface area contributed by atoms with Crippen molar-refractivity contribution in [1.82, 2.24) is 9.97 Å². The van der Waals surface area contributed by atoms with E-state index >= 15 is 0 Å². The lowest BCUT2D eigenvalue weighted by Gasteiger charge is -2.17. The molecular formula is C10H14ClN3O3S. The molecule has 6 nitrogen and oxygen atoms in total. The van der Waals surface area contributed by atoms with E-state index in [-0.39, 0.29) is 28.2 Å². The number of thioether (sulfide) groups is 1. The molecular weight excluding hydrogens is 278 g/mol. The second kappa shape index (κ2) is 6.89. The fourth-order valence-corrected chi connectivity index (χ4v) is 2.06. The third-order valence-corrected chi connectivity index (χ3v) is 3.19. The Morgan fingerprint density at radius 2 is 2.28 bits per heavy atom. The van der Waals surface area contributed by atoms with E-state index in [1.165, 1.54) is 13.1 Å². The van der Waals surface area contributed by atoms with Gasteiger partial charge in [-0.05, 0) is 6.42 Å². The van der Waals surface area contributed by atoms with Gasteiger partial charge >= 0.3 is 0 Å². The summed E-state index contributed by atoms with van der Waals surface area (Å²) < 4.78 is 0. The summed E-state index contributed by atoms with van der Waals surface area (Å²) >= 11 is 6.72. The fourth-order valence-electron chi connectivity index (χ4n) is 1.27. The maximum atomic E-state index is 10.7. The molecule has 4 N–H and O–H groups in total. The van der Waals surface area contributed by atoms with Crippen LogP contribution in [0.2, 0.25) is 5.15 Å². The van der Waals surface area contributed by atoms with Gasteiger partial charge in [0.1, 0.15) is 22.8 Å². The van der Waals surface area contributed by atoms with Crippen LogP contribution in [0, 0.1) is 0 Å². The number of rotatable bonds is 5. The minimum atomic E-state index is -1.27. The predicted octanol–water partition coefficient (Wildman–Crippen LogP) is 0.776. The van der Waals surface area contributed by atoms with E-state index in [1.54, 1.807) is 0 Å². The number of nitrogens with two attached hydrogens (primary N) is 1. The molecule has 100 valence electrons. The monoisotopic (exact) mass is 291 g/mol. The van der Waals surface area contributed by atoms with Gasteiger partial charge < -0.3 is 15.9 Å². The number of carbonyl (C=O) groups excluding carboxylic acids is 1. The largest absolute Gasteiger partial charge is 0.390 e. The van der Waals surface area contributed by atoms with Crippen molar-refractivity contribution in [1.29, 1.82) is 0 Å². The van der Waals surface area contributed by atoms with Crippen LogP contribution >= 0.6 is 23.4 Å². The number of hydrogen-bond acceptors (Lipinski definition) is 7. The second-order valence-electron chi connectivity index (χ2n) is 3.60. The molecule has 18 heavy (non-hydrogen) atoms. The van der Waals surface area contributed by atoms with E-state index in [0.29, 0.717) is 5.75 Å². The molecule has 0 amide bonds. The molecule has 1 rings (SSSR count). The fraction of sp³-hybridized carbons (Fsp3) is 0.500. The van der Waals surface area contributed by atoms with Crippen molar-refractivity contribution in [3.8, 4) is 0 Å². The molecule has 0 bridgehead atoms. The van der Waals surface area contributed by atoms with Crippen LogP contribution in [0.25, 0.3) is 0 Å². The lowest BCUT2D eigenvalue weighted by molar-refractivity contribution is -0.109. The summed E-state index contributed by atoms with van der Waals surface area (Å²) in [5.74, 6) is 0.423. The quantitative estimate of drug-likeness (QED) is 0.735. The molecule has 1 aromatic heterocycles. The first kappa shape index (κ1) is 15.2. The summed E-state index contributed by atoms with van der Waals surface area (Å²) in [6, 6.07) is 0. The number of anilines is 1. The summed E-state index contributed by atoms with van der Waals surface area (Å²) in [5.41, 5.74) is 5.59. The molecule has 0 aromatic carbocycles. The number of nitrogens with zero attached hydrogens (tertiary/aromatic N) is 2. The molecule has 0 aliphatic carbocycles. The molecule has 0 spiro atoms. The average Bonchev–Trinajstić information content (AvgIpc) is 2.30. The Labute approximate surface area is 114 Å². The Bertz CT molecular complexity index is 433. The van der Waals surface area contributed by atoms with Crippen molar-refractivity contribution < 1.29 is 15.0 Å². The molecule has 1 aromatic rings. The maximum absolute atomic E-state index is 10.7. The van der Waals surface area contributed by atoms with Gasteiger partial charge in [0.05, 0.1) is 12.3 Å². The number of aliphatic hydroxyl groups is 2. The topological polar surface area (TPSA) is 109 Å². The molecule has 0 aliphatic rings. The van der Waals surface area contributed by atoms with E-state index in [2.05, 4.69) is 9.97 Å². The smallest absolute Gasteiger partial charge is 0.185 e. The lowest BCUT2D eigenvalue weighted by atomic mass is 10.1. The minimum Gasteiger partial charge on any atom is -0.390 e. The molecule has 0 radical (unpaired) electrons. The number of hydrogen-bond donors (Lipinski definition) is 3. The second-order valence-corrected chi connectivity index (χ2v) is 5.26. The summed E-state index contributed by atoms with van der Waals surface area (Å²) in [6.45, 7) is 1.44. The molecule has 2 atom stereocenters. The zero-order chi connectivity index (χ0) is 13.7. The van der Waals surface area contributed by atoms with E-state index in [0.717, 1.165) is 11.8 Å². The maximum Gasteiger partial charge on any atom is 0.185 e. The first-order valence-corrected chi connectivity index (χ1v) is 6.55.